The number of hydrogen-bond donors (Lipinski definition) is 1. The maximum atomic E-state index is 12.0. The number of rotatable bonds is 2. The van der Waals surface area contributed by atoms with Crippen molar-refractivity contribution < 1.29 is 4.79 Å². The van der Waals surface area contributed by atoms with Crippen LogP contribution >= 0.6 is 0 Å². The highest BCUT2D eigenvalue weighted by Gasteiger charge is 2.29. The van der Waals surface area contributed by atoms with Gasteiger partial charge in [0.15, 0.2) is 0 Å². The molecule has 2 unspecified atom stereocenters. The number of pyridine rings is 1. The van der Waals surface area contributed by atoms with Crippen LogP contribution in [0.5, 0.6) is 0 Å². The Morgan fingerprint density at radius 3 is 3.00 bits per heavy atom. The van der Waals surface area contributed by atoms with Gasteiger partial charge < -0.3 is 10.6 Å². The van der Waals surface area contributed by atoms with Gasteiger partial charge in [0.1, 0.15) is 5.69 Å². The van der Waals surface area contributed by atoms with Crippen LogP contribution < -0.4 is 5.73 Å². The van der Waals surface area contributed by atoms with E-state index in [4.69, 9.17) is 5.73 Å². The quantitative estimate of drug-likeness (QED) is 0.803. The highest BCUT2D eigenvalue weighted by Crippen LogP contribution is 2.19. The average molecular weight is 219 g/mol. The molecule has 1 aliphatic heterocycles. The minimum Gasteiger partial charge on any atom is -0.337 e. The molecule has 1 aliphatic rings. The van der Waals surface area contributed by atoms with E-state index in [1.165, 1.54) is 0 Å². The zero-order chi connectivity index (χ0) is 11.5. The Morgan fingerprint density at radius 2 is 2.44 bits per heavy atom. The minimum absolute atomic E-state index is 0.0174. The molecule has 0 aromatic carbocycles. The van der Waals surface area contributed by atoms with Gasteiger partial charge in [-0.2, -0.15) is 0 Å². The molecule has 2 N–H and O–H groups in total. The Hall–Kier alpha value is -1.42. The maximum absolute atomic E-state index is 12.0. The molecule has 1 fully saturated rings. The molecule has 2 heterocycles. The summed E-state index contributed by atoms with van der Waals surface area (Å²) in [6.07, 6.45) is 2.64. The summed E-state index contributed by atoms with van der Waals surface area (Å²) in [5.41, 5.74) is 6.37. The van der Waals surface area contributed by atoms with Crippen molar-refractivity contribution >= 4 is 5.91 Å². The zero-order valence-corrected chi connectivity index (χ0v) is 9.47. The Labute approximate surface area is 95.5 Å². The molecule has 0 aliphatic carbocycles. The predicted molar refractivity (Wildman–Crippen MR) is 61.9 cm³/mol. The first-order valence-electron chi connectivity index (χ1n) is 5.64. The molecule has 86 valence electrons. The van der Waals surface area contributed by atoms with Gasteiger partial charge in [0.25, 0.3) is 5.91 Å². The van der Waals surface area contributed by atoms with Crippen LogP contribution in [0.2, 0.25) is 0 Å². The van der Waals surface area contributed by atoms with E-state index < -0.39 is 0 Å². The second-order valence-electron chi connectivity index (χ2n) is 4.37. The fourth-order valence-electron chi connectivity index (χ4n) is 2.05. The molecule has 0 spiro atoms. The normalized spacial score (nSPS) is 22.1. The Balaban J connectivity index is 2.03. The first-order chi connectivity index (χ1) is 7.68. The van der Waals surface area contributed by atoms with Crippen LogP contribution in [0.4, 0.5) is 0 Å². The molecule has 2 atom stereocenters. The molecule has 1 amide bonds. The number of carbonyl (C=O) groups excluding carboxylic acids is 1. The number of likely N-dealkylation sites (tertiary alicyclic amines) is 1. The van der Waals surface area contributed by atoms with Gasteiger partial charge in [0.05, 0.1) is 0 Å². The van der Waals surface area contributed by atoms with Gasteiger partial charge in [-0.25, -0.2) is 0 Å². The lowest BCUT2D eigenvalue weighted by atomic mass is 10.0. The third kappa shape index (κ3) is 2.22. The van der Waals surface area contributed by atoms with Gasteiger partial charge in [0.2, 0.25) is 0 Å². The van der Waals surface area contributed by atoms with E-state index in [0.717, 1.165) is 19.5 Å². The first kappa shape index (κ1) is 11.1. The summed E-state index contributed by atoms with van der Waals surface area (Å²) >= 11 is 0. The smallest absolute Gasteiger partial charge is 0.272 e. The van der Waals surface area contributed by atoms with Crippen LogP contribution in [0.1, 0.15) is 23.8 Å². The number of amides is 1. The molecule has 4 heteroatoms. The van der Waals surface area contributed by atoms with E-state index in [0.29, 0.717) is 11.6 Å². The van der Waals surface area contributed by atoms with Crippen LogP contribution in [0, 0.1) is 5.92 Å². The van der Waals surface area contributed by atoms with Crippen molar-refractivity contribution in [1.29, 1.82) is 0 Å². The van der Waals surface area contributed by atoms with Crippen LogP contribution in [0.15, 0.2) is 24.4 Å². The first-order valence-corrected chi connectivity index (χ1v) is 5.64. The van der Waals surface area contributed by atoms with Gasteiger partial charge in [-0.1, -0.05) is 6.07 Å². The van der Waals surface area contributed by atoms with E-state index >= 15 is 0 Å². The van der Waals surface area contributed by atoms with Crippen LogP contribution in [0.25, 0.3) is 0 Å². The second-order valence-corrected chi connectivity index (χ2v) is 4.37. The summed E-state index contributed by atoms with van der Waals surface area (Å²) in [4.78, 5) is 18.0. The van der Waals surface area contributed by atoms with Crippen molar-refractivity contribution in [2.45, 2.75) is 19.4 Å². The Bertz CT molecular complexity index is 364. The fraction of sp³-hybridized carbons (Fsp3) is 0.500. The lowest BCUT2D eigenvalue weighted by Crippen LogP contribution is -2.33. The van der Waals surface area contributed by atoms with Gasteiger partial charge in [0, 0.05) is 25.3 Å². The predicted octanol–water partition coefficient (Wildman–Crippen LogP) is 0.891. The van der Waals surface area contributed by atoms with Crippen LogP contribution in [-0.2, 0) is 0 Å². The lowest BCUT2D eigenvalue weighted by molar-refractivity contribution is 0.0780. The summed E-state index contributed by atoms with van der Waals surface area (Å²) in [7, 11) is 0. The number of aromatic nitrogens is 1. The Morgan fingerprint density at radius 1 is 1.62 bits per heavy atom. The number of hydrogen-bond acceptors (Lipinski definition) is 3. The standard InChI is InChI=1S/C12H17N3O/c1-9(13)10-5-7-15(8-10)12(16)11-4-2-3-6-14-11/h2-4,6,9-10H,5,7-8,13H2,1H3. The van der Waals surface area contributed by atoms with Crippen LogP contribution in [0.3, 0.4) is 0 Å². The molecule has 4 nitrogen and oxygen atoms in total. The van der Waals surface area contributed by atoms with Crippen LogP contribution in [-0.4, -0.2) is 34.9 Å². The minimum atomic E-state index is 0.0174. The number of carbonyl (C=O) groups is 1. The zero-order valence-electron chi connectivity index (χ0n) is 9.47. The van der Waals surface area contributed by atoms with Crippen molar-refractivity contribution in [3.8, 4) is 0 Å². The maximum Gasteiger partial charge on any atom is 0.272 e. The van der Waals surface area contributed by atoms with Gasteiger partial charge >= 0.3 is 0 Å². The molecular weight excluding hydrogens is 202 g/mol. The average Bonchev–Trinajstić information content (AvgIpc) is 2.78. The van der Waals surface area contributed by atoms with E-state index in [9.17, 15) is 4.79 Å². The molecule has 1 aromatic heterocycles. The summed E-state index contributed by atoms with van der Waals surface area (Å²) < 4.78 is 0. The van der Waals surface area contributed by atoms with Crippen molar-refractivity contribution in [3.05, 3.63) is 30.1 Å². The van der Waals surface area contributed by atoms with Gasteiger partial charge in [-0.15, -0.1) is 0 Å². The van der Waals surface area contributed by atoms with Crippen molar-refractivity contribution in [2.24, 2.45) is 11.7 Å². The van der Waals surface area contributed by atoms with E-state index in [-0.39, 0.29) is 11.9 Å². The third-order valence-electron chi connectivity index (χ3n) is 3.14. The molecule has 0 radical (unpaired) electrons. The van der Waals surface area contributed by atoms with E-state index in [1.54, 1.807) is 12.3 Å². The highest BCUT2D eigenvalue weighted by atomic mass is 16.2. The van der Waals surface area contributed by atoms with Crippen molar-refractivity contribution in [1.82, 2.24) is 9.88 Å². The molecule has 1 saturated heterocycles. The number of nitrogens with zero attached hydrogens (tertiary/aromatic N) is 2. The molecule has 0 bridgehead atoms. The van der Waals surface area contributed by atoms with E-state index in [2.05, 4.69) is 4.98 Å². The SMILES string of the molecule is CC(N)C1CCN(C(=O)c2ccccn2)C1. The van der Waals surface area contributed by atoms with E-state index in [1.807, 2.05) is 24.0 Å². The second kappa shape index (κ2) is 4.61. The molecule has 2 rings (SSSR count). The van der Waals surface area contributed by atoms with Crippen molar-refractivity contribution in [2.75, 3.05) is 13.1 Å². The topological polar surface area (TPSA) is 59.2 Å². The number of nitrogens with two attached hydrogens (primary N) is 1. The molecule has 1 aromatic rings. The van der Waals surface area contributed by atoms with Crippen molar-refractivity contribution in [3.63, 3.8) is 0 Å². The summed E-state index contributed by atoms with van der Waals surface area (Å²) in [5, 5.41) is 0. The lowest BCUT2D eigenvalue weighted by Gasteiger charge is -2.17. The molecule has 16 heavy (non-hydrogen) atoms. The Kier molecular flexibility index (Phi) is 3.19. The monoisotopic (exact) mass is 219 g/mol. The summed E-state index contributed by atoms with van der Waals surface area (Å²) in [6.45, 7) is 3.55. The fourth-order valence-corrected chi connectivity index (χ4v) is 2.05. The highest BCUT2D eigenvalue weighted by molar-refractivity contribution is 5.92. The third-order valence-corrected chi connectivity index (χ3v) is 3.14. The van der Waals surface area contributed by atoms with Gasteiger partial charge in [-0.05, 0) is 31.4 Å². The molecule has 0 saturated carbocycles. The molecular formula is C12H17N3O. The van der Waals surface area contributed by atoms with Gasteiger partial charge in [-0.3, -0.25) is 9.78 Å². The summed E-state index contributed by atoms with van der Waals surface area (Å²) in [6, 6.07) is 5.55. The summed E-state index contributed by atoms with van der Waals surface area (Å²) in [5.74, 6) is 0.441. The largest absolute Gasteiger partial charge is 0.337 e.